The number of benzene rings is 1. The number of anilines is 1. The van der Waals surface area contributed by atoms with Crippen LogP contribution in [0.1, 0.15) is 12.5 Å². The molecule has 2 aromatic rings. The van der Waals surface area contributed by atoms with E-state index in [0.29, 0.717) is 36.2 Å². The Balaban J connectivity index is 1.58. The number of ether oxygens (including phenoxy) is 1. The van der Waals surface area contributed by atoms with Crippen molar-refractivity contribution in [3.63, 3.8) is 0 Å². The van der Waals surface area contributed by atoms with Gasteiger partial charge in [0.05, 0.1) is 29.9 Å². The lowest BCUT2D eigenvalue weighted by atomic mass is 10.1. The highest BCUT2D eigenvalue weighted by Gasteiger charge is 2.35. The molecule has 0 bridgehead atoms. The van der Waals surface area contributed by atoms with Crippen LogP contribution in [0.5, 0.6) is 0 Å². The van der Waals surface area contributed by atoms with Crippen molar-refractivity contribution in [2.75, 3.05) is 31.1 Å². The summed E-state index contributed by atoms with van der Waals surface area (Å²) in [6.07, 6.45) is 1.11. The second-order valence-corrected chi connectivity index (χ2v) is 7.13. The van der Waals surface area contributed by atoms with Gasteiger partial charge in [-0.25, -0.2) is 4.39 Å². The number of morpholine rings is 1. The maximum atomic E-state index is 13.8. The van der Waals surface area contributed by atoms with E-state index in [4.69, 9.17) is 4.74 Å². The van der Waals surface area contributed by atoms with Crippen LogP contribution < -0.4 is 15.5 Å². The number of halogens is 1. The zero-order valence-electron chi connectivity index (χ0n) is 15.4. The van der Waals surface area contributed by atoms with Crippen LogP contribution in [0.4, 0.5) is 10.1 Å². The first-order valence-electron chi connectivity index (χ1n) is 9.26. The van der Waals surface area contributed by atoms with Crippen LogP contribution in [0.25, 0.3) is 11.0 Å². The average molecular weight is 384 g/mol. The van der Waals surface area contributed by atoms with Crippen LogP contribution in [0, 0.1) is 11.3 Å². The summed E-state index contributed by atoms with van der Waals surface area (Å²) in [4.78, 5) is 23.4. The molecule has 0 spiro atoms. The van der Waals surface area contributed by atoms with E-state index >= 15 is 0 Å². The van der Waals surface area contributed by atoms with E-state index in [0.717, 1.165) is 5.69 Å². The molecule has 2 fully saturated rings. The summed E-state index contributed by atoms with van der Waals surface area (Å²) < 4.78 is 19.6. The molecule has 2 unspecified atom stereocenters. The number of hydrogen-bond donors (Lipinski definition) is 2. The van der Waals surface area contributed by atoms with Gasteiger partial charge in [-0.15, -0.1) is 0 Å². The first-order chi connectivity index (χ1) is 13.6. The molecule has 2 aliphatic heterocycles. The first kappa shape index (κ1) is 18.5. The molecule has 2 N–H and O–H groups in total. The smallest absolute Gasteiger partial charge is 0.251 e. The van der Waals surface area contributed by atoms with E-state index in [1.54, 1.807) is 18.5 Å². The molecule has 3 heterocycles. The van der Waals surface area contributed by atoms with Crippen LogP contribution in [-0.2, 0) is 9.53 Å². The van der Waals surface area contributed by atoms with Gasteiger partial charge in [0.25, 0.3) is 5.91 Å². The molecule has 1 aromatic heterocycles. The maximum absolute atomic E-state index is 13.8. The van der Waals surface area contributed by atoms with Crippen LogP contribution in [0.3, 0.4) is 0 Å². The number of fused-ring (bicyclic) bond motifs is 1. The van der Waals surface area contributed by atoms with E-state index in [2.05, 4.69) is 26.7 Å². The third-order valence-electron chi connectivity index (χ3n) is 5.09. The fourth-order valence-corrected chi connectivity index (χ4v) is 3.75. The Hall–Kier alpha value is -2.83. The number of aromatic nitrogens is 2. The van der Waals surface area contributed by atoms with Crippen LogP contribution in [-0.4, -0.2) is 66.5 Å². The number of carbonyl (C=O) groups excluding carboxylic acids is 1. The van der Waals surface area contributed by atoms with Gasteiger partial charge in [0.2, 0.25) is 0 Å². The minimum atomic E-state index is -1.10. The van der Waals surface area contributed by atoms with Gasteiger partial charge in [-0.1, -0.05) is 0 Å². The Bertz CT molecular complexity index is 932. The summed E-state index contributed by atoms with van der Waals surface area (Å²) in [5, 5.41) is 15.0. The van der Waals surface area contributed by atoms with Gasteiger partial charge in [-0.2, -0.15) is 5.26 Å². The molecular formula is C19H21FN6O2. The number of nitriles is 1. The molecule has 1 aromatic carbocycles. The summed E-state index contributed by atoms with van der Waals surface area (Å²) in [5.41, 5.74) is 2.38. The van der Waals surface area contributed by atoms with Crippen molar-refractivity contribution in [1.29, 1.82) is 5.26 Å². The summed E-state index contributed by atoms with van der Waals surface area (Å²) in [6, 6.07) is 5.12. The minimum Gasteiger partial charge on any atom is -0.364 e. The number of carbonyl (C=O) groups is 1. The largest absolute Gasteiger partial charge is 0.364 e. The van der Waals surface area contributed by atoms with Crippen molar-refractivity contribution in [2.24, 2.45) is 0 Å². The van der Waals surface area contributed by atoms with E-state index in [9.17, 15) is 14.4 Å². The Kier molecular flexibility index (Phi) is 5.07. The van der Waals surface area contributed by atoms with Crippen molar-refractivity contribution in [3.05, 3.63) is 30.1 Å². The van der Waals surface area contributed by atoms with Crippen molar-refractivity contribution in [3.8, 4) is 6.07 Å². The lowest BCUT2D eigenvalue weighted by Gasteiger charge is -2.38. The highest BCUT2D eigenvalue weighted by Crippen LogP contribution is 2.28. The van der Waals surface area contributed by atoms with Crippen molar-refractivity contribution in [1.82, 2.24) is 20.6 Å². The van der Waals surface area contributed by atoms with Gasteiger partial charge in [0, 0.05) is 32.0 Å². The first-order valence-corrected chi connectivity index (χ1v) is 9.26. The van der Waals surface area contributed by atoms with Gasteiger partial charge in [-0.3, -0.25) is 14.8 Å². The molecule has 1 amide bonds. The molecule has 146 valence electrons. The molecule has 9 heteroatoms. The standard InChI is InChI=1S/C19H21FN6O2/c1-11-9-26(10-16(28-11)19(27)25-14-8-22-7-13(14)20)15-3-2-12(6-21)17-18(15)24-5-4-23-17/h2-5,11,13-14,16,22H,7-10H2,1H3,(H,25,27)/t11?,13-,14+,16?/m1/s1. The monoisotopic (exact) mass is 384 g/mol. The number of rotatable bonds is 3. The number of alkyl halides is 1. The molecule has 4 atom stereocenters. The summed E-state index contributed by atoms with van der Waals surface area (Å²) >= 11 is 0. The highest BCUT2D eigenvalue weighted by atomic mass is 19.1. The van der Waals surface area contributed by atoms with Gasteiger partial charge in [-0.05, 0) is 19.1 Å². The van der Waals surface area contributed by atoms with E-state index in [1.807, 2.05) is 17.9 Å². The molecule has 4 rings (SSSR count). The van der Waals surface area contributed by atoms with Gasteiger partial charge < -0.3 is 20.3 Å². The maximum Gasteiger partial charge on any atom is 0.251 e. The van der Waals surface area contributed by atoms with Gasteiger partial charge in [0.1, 0.15) is 23.3 Å². The number of amides is 1. The predicted molar refractivity (Wildman–Crippen MR) is 100 cm³/mol. The molecule has 28 heavy (non-hydrogen) atoms. The number of hydrogen-bond acceptors (Lipinski definition) is 7. The molecule has 0 saturated carbocycles. The SMILES string of the molecule is CC1CN(c2ccc(C#N)c3nccnc23)CC(C(=O)N[C@H]2CNC[C@H]2F)O1. The van der Waals surface area contributed by atoms with Crippen molar-refractivity contribution < 1.29 is 13.9 Å². The summed E-state index contributed by atoms with van der Waals surface area (Å²) in [5.74, 6) is -0.322. The Morgan fingerprint density at radius 2 is 2.11 bits per heavy atom. The topological polar surface area (TPSA) is 103 Å². The molecule has 0 radical (unpaired) electrons. The van der Waals surface area contributed by atoms with Gasteiger partial charge >= 0.3 is 0 Å². The third kappa shape index (κ3) is 3.48. The normalized spacial score (nSPS) is 27.5. The van der Waals surface area contributed by atoms with E-state index in [-0.39, 0.29) is 18.6 Å². The van der Waals surface area contributed by atoms with Crippen LogP contribution in [0.2, 0.25) is 0 Å². The minimum absolute atomic E-state index is 0.199. The second-order valence-electron chi connectivity index (χ2n) is 7.13. The fraction of sp³-hybridized carbons (Fsp3) is 0.474. The van der Waals surface area contributed by atoms with Crippen LogP contribution in [0.15, 0.2) is 24.5 Å². The zero-order valence-corrected chi connectivity index (χ0v) is 15.4. The van der Waals surface area contributed by atoms with E-state index < -0.39 is 18.3 Å². The van der Waals surface area contributed by atoms with Crippen molar-refractivity contribution in [2.45, 2.75) is 31.3 Å². The van der Waals surface area contributed by atoms with Crippen molar-refractivity contribution >= 4 is 22.6 Å². The Morgan fingerprint density at radius 1 is 1.32 bits per heavy atom. The molecule has 0 aliphatic carbocycles. The summed E-state index contributed by atoms with van der Waals surface area (Å²) in [6.45, 7) is 3.42. The predicted octanol–water partition coefficient (Wildman–Crippen LogP) is 0.521. The Labute approximate surface area is 161 Å². The molecule has 2 aliphatic rings. The zero-order chi connectivity index (χ0) is 19.7. The quantitative estimate of drug-likeness (QED) is 0.795. The number of nitrogens with one attached hydrogen (secondary N) is 2. The molecular weight excluding hydrogens is 363 g/mol. The summed E-state index contributed by atoms with van der Waals surface area (Å²) in [7, 11) is 0. The molecule has 2 saturated heterocycles. The Morgan fingerprint density at radius 3 is 2.82 bits per heavy atom. The van der Waals surface area contributed by atoms with E-state index in [1.165, 1.54) is 0 Å². The lowest BCUT2D eigenvalue weighted by Crippen LogP contribution is -2.55. The third-order valence-corrected chi connectivity index (χ3v) is 5.09. The lowest BCUT2D eigenvalue weighted by molar-refractivity contribution is -0.138. The second kappa shape index (κ2) is 7.66. The fourth-order valence-electron chi connectivity index (χ4n) is 3.75. The number of nitrogens with zero attached hydrogens (tertiary/aromatic N) is 4. The van der Waals surface area contributed by atoms with Crippen LogP contribution >= 0.6 is 0 Å². The highest BCUT2D eigenvalue weighted by molar-refractivity contribution is 5.92. The average Bonchev–Trinajstić information content (AvgIpc) is 3.11. The molecule has 8 nitrogen and oxygen atoms in total. The van der Waals surface area contributed by atoms with Gasteiger partial charge in [0.15, 0.2) is 6.10 Å².